The van der Waals surface area contributed by atoms with Crippen LogP contribution in [0.1, 0.15) is 0 Å². The third-order valence-electron chi connectivity index (χ3n) is 3.96. The normalized spacial score (nSPS) is 11.1. The van der Waals surface area contributed by atoms with Gasteiger partial charge in [0.25, 0.3) is 0 Å². The summed E-state index contributed by atoms with van der Waals surface area (Å²) in [4.78, 5) is 0. The van der Waals surface area contributed by atoms with Crippen LogP contribution in [0.5, 0.6) is 17.2 Å². The number of phenolic OH excluding ortho intramolecular Hbond substituents is 1. The van der Waals surface area contributed by atoms with E-state index in [4.69, 9.17) is 4.74 Å². The highest BCUT2D eigenvalue weighted by Crippen LogP contribution is 2.36. The number of hydrogen-bond donors (Lipinski definition) is 1. The zero-order chi connectivity index (χ0) is 17.8. The fourth-order valence-electron chi connectivity index (χ4n) is 2.66. The summed E-state index contributed by atoms with van der Waals surface area (Å²) in [5.41, 5.74) is 1.14. The number of fused-ring (bicyclic) bond motifs is 1. The Kier molecular flexibility index (Phi) is 4.31. The number of benzene rings is 4. The van der Waals surface area contributed by atoms with Crippen LogP contribution in [0.15, 0.2) is 101 Å². The van der Waals surface area contributed by atoms with E-state index in [1.54, 1.807) is 6.07 Å². The second-order valence-electron chi connectivity index (χ2n) is 5.76. The number of para-hydroxylation sites is 1. The van der Waals surface area contributed by atoms with Crippen molar-refractivity contribution >= 4 is 22.1 Å². The maximum atomic E-state index is 10.1. The van der Waals surface area contributed by atoms with Crippen LogP contribution >= 0.6 is 0 Å². The second kappa shape index (κ2) is 7.07. The first-order chi connectivity index (χ1) is 12.8. The molecular formula is C22H16N2O2. The average molecular weight is 340 g/mol. The van der Waals surface area contributed by atoms with Crippen LogP contribution in [0.2, 0.25) is 0 Å². The molecule has 0 heterocycles. The fraction of sp³-hybridized carbons (Fsp3) is 0. The minimum atomic E-state index is 0.108. The van der Waals surface area contributed by atoms with Crippen molar-refractivity contribution in [2.45, 2.75) is 0 Å². The van der Waals surface area contributed by atoms with Gasteiger partial charge in [-0.2, -0.15) is 5.11 Å². The molecule has 0 saturated heterocycles. The maximum Gasteiger partial charge on any atom is 0.143 e. The number of hydrogen-bond acceptors (Lipinski definition) is 4. The van der Waals surface area contributed by atoms with Gasteiger partial charge in [0.15, 0.2) is 0 Å². The van der Waals surface area contributed by atoms with Crippen molar-refractivity contribution in [2.24, 2.45) is 10.2 Å². The van der Waals surface area contributed by atoms with Gasteiger partial charge in [-0.1, -0.05) is 48.5 Å². The van der Waals surface area contributed by atoms with E-state index in [1.165, 1.54) is 0 Å². The Labute approximate surface area is 151 Å². The molecule has 0 aliphatic carbocycles. The van der Waals surface area contributed by atoms with E-state index < -0.39 is 0 Å². The van der Waals surface area contributed by atoms with Crippen molar-refractivity contribution in [3.05, 3.63) is 91.0 Å². The van der Waals surface area contributed by atoms with E-state index in [0.29, 0.717) is 11.4 Å². The second-order valence-corrected chi connectivity index (χ2v) is 5.76. The van der Waals surface area contributed by atoms with Crippen molar-refractivity contribution in [3.63, 3.8) is 0 Å². The first-order valence-electron chi connectivity index (χ1n) is 8.25. The molecule has 0 atom stereocenters. The lowest BCUT2D eigenvalue weighted by molar-refractivity contribution is 0.477. The molecule has 126 valence electrons. The molecule has 4 nitrogen and oxygen atoms in total. The quantitative estimate of drug-likeness (QED) is 0.418. The predicted molar refractivity (Wildman–Crippen MR) is 103 cm³/mol. The van der Waals surface area contributed by atoms with Gasteiger partial charge in [0.2, 0.25) is 0 Å². The summed E-state index contributed by atoms with van der Waals surface area (Å²) in [5, 5.41) is 20.5. The van der Waals surface area contributed by atoms with Gasteiger partial charge in [0.1, 0.15) is 22.9 Å². The minimum absolute atomic E-state index is 0.108. The summed E-state index contributed by atoms with van der Waals surface area (Å²) >= 11 is 0. The first-order valence-corrected chi connectivity index (χ1v) is 8.25. The highest BCUT2D eigenvalue weighted by molar-refractivity contribution is 5.95. The number of phenols is 1. The first kappa shape index (κ1) is 15.8. The molecule has 4 aromatic rings. The third-order valence-corrected chi connectivity index (χ3v) is 3.96. The molecule has 4 heteroatoms. The lowest BCUT2D eigenvalue weighted by Crippen LogP contribution is -1.82. The summed E-state index contributed by atoms with van der Waals surface area (Å²) in [6, 6.07) is 28.2. The Hall–Kier alpha value is -3.66. The Morgan fingerprint density at radius 3 is 2.12 bits per heavy atom. The average Bonchev–Trinajstić information content (AvgIpc) is 2.69. The van der Waals surface area contributed by atoms with Crippen molar-refractivity contribution in [3.8, 4) is 17.2 Å². The molecule has 0 radical (unpaired) electrons. The summed E-state index contributed by atoms with van der Waals surface area (Å²) in [7, 11) is 0. The van der Waals surface area contributed by atoms with Crippen molar-refractivity contribution in [1.82, 2.24) is 0 Å². The molecule has 0 aliphatic rings. The van der Waals surface area contributed by atoms with Crippen molar-refractivity contribution in [2.75, 3.05) is 0 Å². The maximum absolute atomic E-state index is 10.1. The van der Waals surface area contributed by atoms with Crippen LogP contribution in [-0.2, 0) is 0 Å². The fourth-order valence-corrected chi connectivity index (χ4v) is 2.66. The molecule has 0 bridgehead atoms. The number of azo groups is 1. The van der Waals surface area contributed by atoms with E-state index in [9.17, 15) is 5.11 Å². The van der Waals surface area contributed by atoms with Crippen LogP contribution < -0.4 is 4.74 Å². The Balaban J connectivity index is 1.57. The molecule has 0 saturated carbocycles. The predicted octanol–water partition coefficient (Wildman–Crippen LogP) is 6.75. The van der Waals surface area contributed by atoms with Gasteiger partial charge in [-0.3, -0.25) is 0 Å². The number of ether oxygens (including phenoxy) is 1. The summed E-state index contributed by atoms with van der Waals surface area (Å²) in [6.07, 6.45) is 0. The Morgan fingerprint density at radius 1 is 0.615 bits per heavy atom. The van der Waals surface area contributed by atoms with Gasteiger partial charge >= 0.3 is 0 Å². The monoisotopic (exact) mass is 340 g/mol. The number of aromatic hydroxyl groups is 1. The topological polar surface area (TPSA) is 54.2 Å². The van der Waals surface area contributed by atoms with E-state index in [1.807, 2.05) is 84.9 Å². The molecule has 0 aromatic heterocycles. The zero-order valence-electron chi connectivity index (χ0n) is 13.9. The van der Waals surface area contributed by atoms with Crippen molar-refractivity contribution < 1.29 is 9.84 Å². The van der Waals surface area contributed by atoms with Gasteiger partial charge in [0, 0.05) is 5.39 Å². The molecule has 0 fully saturated rings. The summed E-state index contributed by atoms with van der Waals surface area (Å²) < 4.78 is 5.76. The van der Waals surface area contributed by atoms with Crippen LogP contribution in [0, 0.1) is 0 Å². The molecule has 0 unspecified atom stereocenters. The SMILES string of the molecule is Oc1ccc2ccccc2c1N=Nc1ccc(Oc2ccccc2)cc1. The third kappa shape index (κ3) is 3.39. The lowest BCUT2D eigenvalue weighted by atomic mass is 10.1. The highest BCUT2D eigenvalue weighted by Gasteiger charge is 2.05. The summed E-state index contributed by atoms with van der Waals surface area (Å²) in [6.45, 7) is 0. The van der Waals surface area contributed by atoms with E-state index >= 15 is 0 Å². The van der Waals surface area contributed by atoms with Crippen molar-refractivity contribution in [1.29, 1.82) is 0 Å². The largest absolute Gasteiger partial charge is 0.506 e. The van der Waals surface area contributed by atoms with E-state index in [0.717, 1.165) is 22.3 Å². The number of nitrogens with zero attached hydrogens (tertiary/aromatic N) is 2. The Bertz CT molecular complexity index is 1060. The molecule has 4 aromatic carbocycles. The molecule has 0 aliphatic heterocycles. The summed E-state index contributed by atoms with van der Waals surface area (Å²) in [5.74, 6) is 1.61. The Morgan fingerprint density at radius 2 is 1.31 bits per heavy atom. The lowest BCUT2D eigenvalue weighted by Gasteiger charge is -2.05. The zero-order valence-corrected chi connectivity index (χ0v) is 13.9. The molecule has 0 amide bonds. The standard InChI is InChI=1S/C22H16N2O2/c25-21-15-10-16-6-4-5-9-20(16)22(21)24-23-17-11-13-19(14-12-17)26-18-7-2-1-3-8-18/h1-15,25H. The molecule has 26 heavy (non-hydrogen) atoms. The van der Waals surface area contributed by atoms with Gasteiger partial charge in [-0.15, -0.1) is 5.11 Å². The molecule has 0 spiro atoms. The van der Waals surface area contributed by atoms with Crippen LogP contribution in [0.4, 0.5) is 11.4 Å². The van der Waals surface area contributed by atoms with E-state index in [2.05, 4.69) is 10.2 Å². The minimum Gasteiger partial charge on any atom is -0.506 e. The van der Waals surface area contributed by atoms with Crippen LogP contribution in [0.3, 0.4) is 0 Å². The van der Waals surface area contributed by atoms with Crippen LogP contribution in [-0.4, -0.2) is 5.11 Å². The molecule has 1 N–H and O–H groups in total. The van der Waals surface area contributed by atoms with Gasteiger partial charge in [-0.25, -0.2) is 0 Å². The number of rotatable bonds is 4. The van der Waals surface area contributed by atoms with Gasteiger partial charge < -0.3 is 9.84 Å². The van der Waals surface area contributed by atoms with Gasteiger partial charge in [-0.05, 0) is 47.9 Å². The smallest absolute Gasteiger partial charge is 0.143 e. The van der Waals surface area contributed by atoms with Gasteiger partial charge in [0.05, 0.1) is 5.69 Å². The van der Waals surface area contributed by atoms with E-state index in [-0.39, 0.29) is 5.75 Å². The molecular weight excluding hydrogens is 324 g/mol. The highest BCUT2D eigenvalue weighted by atomic mass is 16.5. The van der Waals surface area contributed by atoms with Crippen LogP contribution in [0.25, 0.3) is 10.8 Å². The molecule has 4 rings (SSSR count).